The van der Waals surface area contributed by atoms with Crippen LogP contribution in [-0.4, -0.2) is 61.2 Å². The molecule has 0 N–H and O–H groups in total. The molecule has 2 saturated heterocycles. The third-order valence-electron chi connectivity index (χ3n) is 4.69. The molecule has 0 bridgehead atoms. The summed E-state index contributed by atoms with van der Waals surface area (Å²) in [4.78, 5) is 2.31. The molecule has 0 amide bonds. The van der Waals surface area contributed by atoms with E-state index in [4.69, 9.17) is 4.42 Å². The second kappa shape index (κ2) is 6.70. The normalized spacial score (nSPS) is 26.3. The van der Waals surface area contributed by atoms with Crippen molar-refractivity contribution in [3.8, 4) is 0 Å². The molecule has 1 atom stereocenters. The molecule has 124 valence electrons. The Morgan fingerprint density at radius 2 is 2.05 bits per heavy atom. The molecule has 0 saturated carbocycles. The predicted octanol–water partition coefficient (Wildman–Crippen LogP) is 1.69. The van der Waals surface area contributed by atoms with Crippen molar-refractivity contribution in [1.29, 1.82) is 0 Å². The lowest BCUT2D eigenvalue weighted by molar-refractivity contribution is 0.287. The highest BCUT2D eigenvalue weighted by molar-refractivity contribution is 7.86. The monoisotopic (exact) mass is 327 g/mol. The van der Waals surface area contributed by atoms with Crippen molar-refractivity contribution in [3.05, 3.63) is 24.2 Å². The first-order valence-corrected chi connectivity index (χ1v) is 9.55. The van der Waals surface area contributed by atoms with Crippen molar-refractivity contribution in [2.24, 2.45) is 0 Å². The standard InChI is InChI=1S/C15H25N3O3S/c1-2-16-8-5-9-17(12-11-16)22(19,20)18-10-3-6-14(18)15-7-4-13-21-15/h4,7,13-14H,2-3,5-6,8-12H2,1H3/t14-/m0/s1. The molecule has 1 aromatic heterocycles. The van der Waals surface area contributed by atoms with Crippen LogP contribution in [-0.2, 0) is 10.2 Å². The van der Waals surface area contributed by atoms with Gasteiger partial charge < -0.3 is 9.32 Å². The van der Waals surface area contributed by atoms with E-state index in [0.717, 1.165) is 44.7 Å². The van der Waals surface area contributed by atoms with E-state index >= 15 is 0 Å². The summed E-state index contributed by atoms with van der Waals surface area (Å²) < 4.78 is 34.8. The molecule has 0 aliphatic carbocycles. The predicted molar refractivity (Wildman–Crippen MR) is 84.6 cm³/mol. The molecule has 1 aromatic rings. The maximum Gasteiger partial charge on any atom is 0.282 e. The summed E-state index contributed by atoms with van der Waals surface area (Å²) in [7, 11) is -3.41. The zero-order chi connectivity index (χ0) is 15.6. The molecule has 0 unspecified atom stereocenters. The van der Waals surface area contributed by atoms with Crippen LogP contribution < -0.4 is 0 Å². The van der Waals surface area contributed by atoms with Gasteiger partial charge in [-0.3, -0.25) is 0 Å². The van der Waals surface area contributed by atoms with E-state index in [1.165, 1.54) is 0 Å². The number of hydrogen-bond donors (Lipinski definition) is 0. The first-order valence-electron chi connectivity index (χ1n) is 8.15. The molecular weight excluding hydrogens is 302 g/mol. The Hall–Kier alpha value is -0.890. The van der Waals surface area contributed by atoms with Crippen molar-refractivity contribution in [2.45, 2.75) is 32.2 Å². The topological polar surface area (TPSA) is 57.0 Å². The van der Waals surface area contributed by atoms with Gasteiger partial charge in [-0.2, -0.15) is 17.0 Å². The maximum absolute atomic E-state index is 13.0. The summed E-state index contributed by atoms with van der Waals surface area (Å²) in [5.74, 6) is 0.756. The van der Waals surface area contributed by atoms with Crippen molar-refractivity contribution >= 4 is 10.2 Å². The lowest BCUT2D eigenvalue weighted by atomic mass is 10.2. The van der Waals surface area contributed by atoms with Crippen LogP contribution in [0, 0.1) is 0 Å². The van der Waals surface area contributed by atoms with Crippen LogP contribution in [0.15, 0.2) is 22.8 Å². The Balaban J connectivity index is 1.77. The molecule has 2 fully saturated rings. The van der Waals surface area contributed by atoms with Crippen molar-refractivity contribution in [1.82, 2.24) is 13.5 Å². The van der Waals surface area contributed by atoms with E-state index in [9.17, 15) is 8.42 Å². The van der Waals surface area contributed by atoms with Gasteiger partial charge >= 0.3 is 0 Å². The van der Waals surface area contributed by atoms with Crippen LogP contribution in [0.3, 0.4) is 0 Å². The van der Waals surface area contributed by atoms with Gasteiger partial charge in [-0.1, -0.05) is 6.92 Å². The van der Waals surface area contributed by atoms with Gasteiger partial charge in [-0.25, -0.2) is 0 Å². The largest absolute Gasteiger partial charge is 0.468 e. The molecule has 3 rings (SSSR count). The Morgan fingerprint density at radius 3 is 2.77 bits per heavy atom. The zero-order valence-corrected chi connectivity index (χ0v) is 14.0. The molecular formula is C15H25N3O3S. The molecule has 7 heteroatoms. The second-order valence-electron chi connectivity index (χ2n) is 5.98. The minimum absolute atomic E-state index is 0.148. The Labute approximate surface area is 132 Å². The van der Waals surface area contributed by atoms with Gasteiger partial charge in [-0.05, 0) is 44.5 Å². The maximum atomic E-state index is 13.0. The van der Waals surface area contributed by atoms with Crippen LogP contribution >= 0.6 is 0 Å². The summed E-state index contributed by atoms with van der Waals surface area (Å²) >= 11 is 0. The summed E-state index contributed by atoms with van der Waals surface area (Å²) in [6, 6.07) is 3.55. The first kappa shape index (κ1) is 16.0. The summed E-state index contributed by atoms with van der Waals surface area (Å²) in [5.41, 5.74) is 0. The highest BCUT2D eigenvalue weighted by atomic mass is 32.2. The smallest absolute Gasteiger partial charge is 0.282 e. The molecule has 3 heterocycles. The van der Waals surface area contributed by atoms with Crippen LogP contribution in [0.5, 0.6) is 0 Å². The van der Waals surface area contributed by atoms with E-state index in [-0.39, 0.29) is 6.04 Å². The Bertz CT molecular complexity index is 573. The average Bonchev–Trinajstić information content (AvgIpc) is 3.13. The minimum atomic E-state index is -3.41. The molecule has 6 nitrogen and oxygen atoms in total. The quantitative estimate of drug-likeness (QED) is 0.844. The lowest BCUT2D eigenvalue weighted by Gasteiger charge is -2.29. The van der Waals surface area contributed by atoms with Gasteiger partial charge in [-0.15, -0.1) is 0 Å². The minimum Gasteiger partial charge on any atom is -0.468 e. The van der Waals surface area contributed by atoms with Gasteiger partial charge in [0.1, 0.15) is 5.76 Å². The third-order valence-corrected chi connectivity index (χ3v) is 6.74. The number of nitrogens with zero attached hydrogens (tertiary/aromatic N) is 3. The molecule has 2 aliphatic heterocycles. The fourth-order valence-corrected chi connectivity index (χ4v) is 5.28. The summed E-state index contributed by atoms with van der Waals surface area (Å²) in [5, 5.41) is 0. The van der Waals surface area contributed by atoms with E-state index in [2.05, 4.69) is 11.8 Å². The number of hydrogen-bond acceptors (Lipinski definition) is 4. The Morgan fingerprint density at radius 1 is 1.18 bits per heavy atom. The van der Waals surface area contributed by atoms with Crippen LogP contribution in [0.4, 0.5) is 0 Å². The van der Waals surface area contributed by atoms with Gasteiger partial charge in [0.05, 0.1) is 12.3 Å². The number of furan rings is 1. The molecule has 0 aromatic carbocycles. The van der Waals surface area contributed by atoms with Gasteiger partial charge in [0.25, 0.3) is 10.2 Å². The van der Waals surface area contributed by atoms with Crippen LogP contribution in [0.25, 0.3) is 0 Å². The van der Waals surface area contributed by atoms with E-state index in [1.54, 1.807) is 14.9 Å². The summed E-state index contributed by atoms with van der Waals surface area (Å²) in [6.07, 6.45) is 4.23. The Kier molecular flexibility index (Phi) is 4.87. The highest BCUT2D eigenvalue weighted by Gasteiger charge is 2.40. The van der Waals surface area contributed by atoms with E-state index < -0.39 is 10.2 Å². The summed E-state index contributed by atoms with van der Waals surface area (Å²) in [6.45, 7) is 6.67. The van der Waals surface area contributed by atoms with Crippen LogP contribution in [0.2, 0.25) is 0 Å². The first-order chi connectivity index (χ1) is 10.6. The highest BCUT2D eigenvalue weighted by Crippen LogP contribution is 2.35. The van der Waals surface area contributed by atoms with Gasteiger partial charge in [0.15, 0.2) is 0 Å². The molecule has 2 aliphatic rings. The molecule has 22 heavy (non-hydrogen) atoms. The molecule has 0 spiro atoms. The zero-order valence-electron chi connectivity index (χ0n) is 13.1. The molecule has 0 radical (unpaired) electrons. The number of rotatable bonds is 4. The average molecular weight is 327 g/mol. The van der Waals surface area contributed by atoms with Crippen molar-refractivity contribution in [2.75, 3.05) is 39.3 Å². The van der Waals surface area contributed by atoms with Gasteiger partial charge in [0.2, 0.25) is 0 Å². The van der Waals surface area contributed by atoms with Gasteiger partial charge in [0, 0.05) is 26.2 Å². The van der Waals surface area contributed by atoms with Crippen molar-refractivity contribution < 1.29 is 12.8 Å². The lowest BCUT2D eigenvalue weighted by Crippen LogP contribution is -2.45. The SMILES string of the molecule is CCN1CCCN(S(=O)(=O)N2CCC[C@H]2c2ccco2)CC1. The second-order valence-corrected chi connectivity index (χ2v) is 7.86. The fourth-order valence-electron chi connectivity index (χ4n) is 3.42. The van der Waals surface area contributed by atoms with Crippen molar-refractivity contribution in [3.63, 3.8) is 0 Å². The van der Waals surface area contributed by atoms with Crippen LogP contribution in [0.1, 0.15) is 38.0 Å². The number of likely N-dealkylation sites (N-methyl/N-ethyl adjacent to an activating group) is 1. The third kappa shape index (κ3) is 3.08. The van der Waals surface area contributed by atoms with E-state index in [1.807, 2.05) is 12.1 Å². The fraction of sp³-hybridized carbons (Fsp3) is 0.733. The van der Waals surface area contributed by atoms with E-state index in [0.29, 0.717) is 19.6 Å².